The summed E-state index contributed by atoms with van der Waals surface area (Å²) in [5.41, 5.74) is 1.93. The molecule has 0 aliphatic carbocycles. The summed E-state index contributed by atoms with van der Waals surface area (Å²) in [7, 11) is 0. The first kappa shape index (κ1) is 8.78. The van der Waals surface area contributed by atoms with Gasteiger partial charge in [0.2, 0.25) is 0 Å². The molecule has 0 bridgehead atoms. The van der Waals surface area contributed by atoms with Crippen LogP contribution in [0.5, 0.6) is 0 Å². The Labute approximate surface area is 72.9 Å². The molecule has 2 nitrogen and oxygen atoms in total. The van der Waals surface area contributed by atoms with E-state index in [4.69, 9.17) is 4.84 Å². The Morgan fingerprint density at radius 3 is 3.08 bits per heavy atom. The molecule has 1 aromatic carbocycles. The Bertz CT molecular complexity index is 254. The third-order valence-electron chi connectivity index (χ3n) is 1.46. The second-order valence-electron chi connectivity index (χ2n) is 2.39. The zero-order valence-corrected chi connectivity index (χ0v) is 7.37. The summed E-state index contributed by atoms with van der Waals surface area (Å²) in [5.74, 6) is 0. The molecule has 0 amide bonds. The summed E-state index contributed by atoms with van der Waals surface area (Å²) in [4.78, 5) is 4.92. The molecule has 0 aliphatic heterocycles. The molecule has 1 aromatic rings. The van der Waals surface area contributed by atoms with Crippen LogP contribution in [-0.4, -0.2) is 12.3 Å². The zero-order valence-electron chi connectivity index (χ0n) is 7.37. The molecule has 0 aliphatic rings. The van der Waals surface area contributed by atoms with Crippen LogP contribution >= 0.6 is 0 Å². The van der Waals surface area contributed by atoms with Gasteiger partial charge >= 0.3 is 0 Å². The first-order chi connectivity index (χ1) is 5.84. The highest BCUT2D eigenvalue weighted by Crippen LogP contribution is 2.00. The third kappa shape index (κ3) is 2.38. The summed E-state index contributed by atoms with van der Waals surface area (Å²) in [6.07, 6.45) is 0. The summed E-state index contributed by atoms with van der Waals surface area (Å²) in [6.45, 7) is 4.43. The van der Waals surface area contributed by atoms with E-state index >= 15 is 0 Å². The van der Waals surface area contributed by atoms with Crippen molar-refractivity contribution >= 4 is 5.71 Å². The van der Waals surface area contributed by atoms with Crippen LogP contribution in [0.4, 0.5) is 0 Å². The van der Waals surface area contributed by atoms with E-state index in [-0.39, 0.29) is 0 Å². The molecular weight excluding hydrogens is 150 g/mol. The van der Waals surface area contributed by atoms with Crippen LogP contribution in [0.25, 0.3) is 0 Å². The lowest BCUT2D eigenvalue weighted by atomic mass is 10.1. The Morgan fingerprint density at radius 1 is 1.67 bits per heavy atom. The van der Waals surface area contributed by atoms with Gasteiger partial charge in [-0.2, -0.15) is 0 Å². The standard InChI is InChI=1S/C10H12NO/c1-3-12-11-9(2)10-7-5-4-6-8-10/h4-5,7-8H,3H2,1-2H3/b11-9+. The van der Waals surface area contributed by atoms with Crippen molar-refractivity contribution < 1.29 is 4.84 Å². The van der Waals surface area contributed by atoms with E-state index in [2.05, 4.69) is 11.2 Å². The molecule has 0 saturated heterocycles. The fourth-order valence-electron chi connectivity index (χ4n) is 0.832. The number of rotatable bonds is 3. The molecular formula is C10H12NO. The van der Waals surface area contributed by atoms with Gasteiger partial charge in [0.05, 0.1) is 5.71 Å². The van der Waals surface area contributed by atoms with Crippen molar-refractivity contribution in [1.82, 2.24) is 0 Å². The minimum atomic E-state index is 0.605. The number of benzene rings is 1. The Kier molecular flexibility index (Phi) is 3.33. The molecule has 12 heavy (non-hydrogen) atoms. The molecule has 63 valence electrons. The number of nitrogens with zero attached hydrogens (tertiary/aromatic N) is 1. The van der Waals surface area contributed by atoms with E-state index in [1.54, 1.807) is 0 Å². The minimum absolute atomic E-state index is 0.605. The Morgan fingerprint density at radius 2 is 2.50 bits per heavy atom. The highest BCUT2D eigenvalue weighted by Gasteiger charge is 1.94. The normalized spacial score (nSPS) is 11.3. The maximum absolute atomic E-state index is 4.92. The van der Waals surface area contributed by atoms with Gasteiger partial charge in [-0.25, -0.2) is 0 Å². The molecule has 0 fully saturated rings. The molecule has 0 aromatic heterocycles. The van der Waals surface area contributed by atoms with E-state index in [9.17, 15) is 0 Å². The summed E-state index contributed by atoms with van der Waals surface area (Å²) >= 11 is 0. The van der Waals surface area contributed by atoms with Crippen molar-refractivity contribution in [1.29, 1.82) is 0 Å². The SMILES string of the molecule is CCO/N=C(\C)c1c[c]ccc1. The van der Waals surface area contributed by atoms with Crippen LogP contribution in [0.15, 0.2) is 29.4 Å². The monoisotopic (exact) mass is 162 g/mol. The van der Waals surface area contributed by atoms with Gasteiger partial charge in [0, 0.05) is 0 Å². The average Bonchev–Trinajstić information content (AvgIpc) is 2.15. The molecule has 0 unspecified atom stereocenters. The molecule has 0 heterocycles. The fourth-order valence-corrected chi connectivity index (χ4v) is 0.832. The van der Waals surface area contributed by atoms with Crippen molar-refractivity contribution in [2.75, 3.05) is 6.61 Å². The van der Waals surface area contributed by atoms with Crippen molar-refractivity contribution in [3.8, 4) is 0 Å². The van der Waals surface area contributed by atoms with E-state index in [1.165, 1.54) is 0 Å². The highest BCUT2D eigenvalue weighted by atomic mass is 16.6. The Hall–Kier alpha value is -1.31. The van der Waals surface area contributed by atoms with Gasteiger partial charge in [-0.05, 0) is 31.5 Å². The molecule has 0 N–H and O–H groups in total. The van der Waals surface area contributed by atoms with Crippen molar-refractivity contribution in [3.63, 3.8) is 0 Å². The topological polar surface area (TPSA) is 21.6 Å². The van der Waals surface area contributed by atoms with E-state index in [1.807, 2.05) is 38.1 Å². The van der Waals surface area contributed by atoms with Gasteiger partial charge < -0.3 is 4.84 Å². The van der Waals surface area contributed by atoms with Gasteiger partial charge in [0.1, 0.15) is 6.61 Å². The minimum Gasteiger partial charge on any atom is -0.396 e. The predicted octanol–water partition coefficient (Wildman–Crippen LogP) is 2.25. The quantitative estimate of drug-likeness (QED) is 0.493. The van der Waals surface area contributed by atoms with Gasteiger partial charge in [0.15, 0.2) is 0 Å². The van der Waals surface area contributed by atoms with Crippen molar-refractivity contribution in [2.24, 2.45) is 5.16 Å². The number of oxime groups is 1. The molecule has 0 saturated carbocycles. The lowest BCUT2D eigenvalue weighted by Crippen LogP contribution is -1.95. The smallest absolute Gasteiger partial charge is 0.114 e. The maximum atomic E-state index is 4.92. The Balaban J connectivity index is 2.71. The summed E-state index contributed by atoms with van der Waals surface area (Å²) in [5, 5.41) is 3.91. The second kappa shape index (κ2) is 4.54. The van der Waals surface area contributed by atoms with Gasteiger partial charge in [0.25, 0.3) is 0 Å². The largest absolute Gasteiger partial charge is 0.396 e. The predicted molar refractivity (Wildman–Crippen MR) is 49.1 cm³/mol. The fraction of sp³-hybridized carbons (Fsp3) is 0.300. The van der Waals surface area contributed by atoms with Crippen LogP contribution in [0.1, 0.15) is 19.4 Å². The molecule has 0 atom stereocenters. The van der Waals surface area contributed by atoms with Gasteiger partial charge in [-0.1, -0.05) is 23.4 Å². The van der Waals surface area contributed by atoms with Crippen LogP contribution in [0.3, 0.4) is 0 Å². The first-order valence-corrected chi connectivity index (χ1v) is 3.97. The molecule has 1 radical (unpaired) electrons. The highest BCUT2D eigenvalue weighted by molar-refractivity contribution is 5.98. The van der Waals surface area contributed by atoms with Crippen LogP contribution in [-0.2, 0) is 4.84 Å². The van der Waals surface area contributed by atoms with Crippen LogP contribution in [0.2, 0.25) is 0 Å². The van der Waals surface area contributed by atoms with E-state index < -0.39 is 0 Å². The lowest BCUT2D eigenvalue weighted by molar-refractivity contribution is 0.159. The lowest BCUT2D eigenvalue weighted by Gasteiger charge is -1.98. The van der Waals surface area contributed by atoms with Crippen molar-refractivity contribution in [2.45, 2.75) is 13.8 Å². The van der Waals surface area contributed by atoms with Gasteiger partial charge in [-0.15, -0.1) is 0 Å². The van der Waals surface area contributed by atoms with E-state index in [0.29, 0.717) is 6.61 Å². The van der Waals surface area contributed by atoms with Crippen LogP contribution in [0, 0.1) is 6.07 Å². The number of hydrogen-bond donors (Lipinski definition) is 0. The summed E-state index contributed by atoms with van der Waals surface area (Å²) < 4.78 is 0. The first-order valence-electron chi connectivity index (χ1n) is 3.97. The molecule has 0 spiro atoms. The van der Waals surface area contributed by atoms with E-state index in [0.717, 1.165) is 11.3 Å². The second-order valence-corrected chi connectivity index (χ2v) is 2.39. The molecule has 2 heteroatoms. The summed E-state index contributed by atoms with van der Waals surface area (Å²) in [6, 6.07) is 10.6. The molecule has 1 rings (SSSR count). The van der Waals surface area contributed by atoms with Gasteiger partial charge in [-0.3, -0.25) is 0 Å². The average molecular weight is 162 g/mol. The van der Waals surface area contributed by atoms with Crippen LogP contribution < -0.4 is 0 Å². The number of hydrogen-bond acceptors (Lipinski definition) is 2. The zero-order chi connectivity index (χ0) is 8.81. The maximum Gasteiger partial charge on any atom is 0.114 e. The third-order valence-corrected chi connectivity index (χ3v) is 1.46. The van der Waals surface area contributed by atoms with Crippen molar-refractivity contribution in [3.05, 3.63) is 35.9 Å².